The van der Waals surface area contributed by atoms with Crippen LogP contribution in [0.2, 0.25) is 0 Å². The van der Waals surface area contributed by atoms with E-state index >= 15 is 0 Å². The van der Waals surface area contributed by atoms with E-state index in [2.05, 4.69) is 30.9 Å². The summed E-state index contributed by atoms with van der Waals surface area (Å²) in [5.74, 6) is 1.35. The fourth-order valence-corrected chi connectivity index (χ4v) is 3.07. The zero-order chi connectivity index (χ0) is 10.9. The average Bonchev–Trinajstić information content (AvgIpc) is 2.25. The van der Waals surface area contributed by atoms with Crippen LogP contribution in [0.3, 0.4) is 0 Å². The fourth-order valence-electron chi connectivity index (χ4n) is 1.90. The maximum Gasteiger partial charge on any atom is 0.0478 e. The molecule has 1 heterocycles. The number of rotatable bonds is 7. The van der Waals surface area contributed by atoms with Crippen LogP contribution in [0, 0.1) is 0 Å². The van der Waals surface area contributed by atoms with Crippen LogP contribution < -0.4 is 5.32 Å². The highest BCUT2D eigenvalue weighted by molar-refractivity contribution is 7.99. The summed E-state index contributed by atoms with van der Waals surface area (Å²) in [6, 6.07) is 0.731. The number of ether oxygens (including phenoxy) is 1. The molecule has 2 atom stereocenters. The minimum Gasteiger partial charge on any atom is -0.381 e. The third-order valence-corrected chi connectivity index (χ3v) is 4.21. The van der Waals surface area contributed by atoms with Crippen LogP contribution in [-0.2, 0) is 4.74 Å². The molecule has 1 N–H and O–H groups in total. The second kappa shape index (κ2) is 8.43. The van der Waals surface area contributed by atoms with Crippen molar-refractivity contribution in [2.45, 2.75) is 50.8 Å². The summed E-state index contributed by atoms with van der Waals surface area (Å²) in [5.41, 5.74) is 0. The van der Waals surface area contributed by atoms with Crippen molar-refractivity contribution >= 4 is 11.8 Å². The van der Waals surface area contributed by atoms with Gasteiger partial charge in [0.05, 0.1) is 0 Å². The van der Waals surface area contributed by atoms with Crippen LogP contribution in [0.1, 0.15) is 39.5 Å². The summed E-state index contributed by atoms with van der Waals surface area (Å²) in [5, 5.41) is 4.43. The lowest BCUT2D eigenvalue weighted by atomic mass is 10.1. The second-order valence-corrected chi connectivity index (χ2v) is 5.73. The maximum absolute atomic E-state index is 5.45. The molecule has 1 aliphatic heterocycles. The lowest BCUT2D eigenvalue weighted by Gasteiger charge is -2.29. The van der Waals surface area contributed by atoms with Crippen molar-refractivity contribution in [2.24, 2.45) is 0 Å². The smallest absolute Gasteiger partial charge is 0.0478 e. The van der Waals surface area contributed by atoms with Gasteiger partial charge in [0.2, 0.25) is 0 Å². The van der Waals surface area contributed by atoms with Crippen LogP contribution in [0.25, 0.3) is 0 Å². The largest absolute Gasteiger partial charge is 0.381 e. The molecule has 2 unspecified atom stereocenters. The first-order valence-electron chi connectivity index (χ1n) is 6.27. The Balaban J connectivity index is 1.94. The number of thioether (sulfide) groups is 1. The number of nitrogens with one attached hydrogen (secondary N) is 1. The van der Waals surface area contributed by atoms with Gasteiger partial charge in [-0.15, -0.1) is 0 Å². The van der Waals surface area contributed by atoms with E-state index in [0.717, 1.165) is 43.9 Å². The Labute approximate surface area is 98.5 Å². The molecule has 0 aromatic carbocycles. The van der Waals surface area contributed by atoms with Gasteiger partial charge in [0.1, 0.15) is 0 Å². The maximum atomic E-state index is 5.45. The van der Waals surface area contributed by atoms with Gasteiger partial charge in [-0.3, -0.25) is 0 Å². The van der Waals surface area contributed by atoms with Crippen LogP contribution >= 0.6 is 11.8 Å². The van der Waals surface area contributed by atoms with Gasteiger partial charge >= 0.3 is 0 Å². The van der Waals surface area contributed by atoms with E-state index in [1.54, 1.807) is 0 Å². The van der Waals surface area contributed by atoms with Crippen LogP contribution in [0.5, 0.6) is 0 Å². The summed E-state index contributed by atoms with van der Waals surface area (Å²) in [6.07, 6.45) is 5.00. The zero-order valence-corrected chi connectivity index (χ0v) is 10.9. The highest BCUT2D eigenvalue weighted by atomic mass is 32.2. The molecule has 1 aliphatic rings. The Kier molecular flexibility index (Phi) is 7.49. The standard InChI is InChI=1S/C12H25NOS/c1-3-8-14-9-5-7-13-12-6-4-10-15-11(12)2/h11-13H,3-10H2,1-2H3. The normalized spacial score (nSPS) is 26.8. The first-order chi connectivity index (χ1) is 7.34. The summed E-state index contributed by atoms with van der Waals surface area (Å²) >= 11 is 2.10. The Hall–Kier alpha value is 0.270. The summed E-state index contributed by atoms with van der Waals surface area (Å²) in [7, 11) is 0. The quantitative estimate of drug-likeness (QED) is 0.681. The second-order valence-electron chi connectivity index (χ2n) is 4.24. The van der Waals surface area contributed by atoms with Crippen molar-refractivity contribution in [2.75, 3.05) is 25.5 Å². The van der Waals surface area contributed by atoms with Gasteiger partial charge in [0, 0.05) is 24.5 Å². The molecule has 0 spiro atoms. The van der Waals surface area contributed by atoms with E-state index < -0.39 is 0 Å². The first-order valence-corrected chi connectivity index (χ1v) is 7.32. The molecule has 0 radical (unpaired) electrons. The molecular weight excluding hydrogens is 206 g/mol. The van der Waals surface area contributed by atoms with E-state index in [9.17, 15) is 0 Å². The van der Waals surface area contributed by atoms with E-state index in [1.165, 1.54) is 18.6 Å². The third kappa shape index (κ3) is 5.79. The van der Waals surface area contributed by atoms with Gasteiger partial charge in [0.25, 0.3) is 0 Å². The van der Waals surface area contributed by atoms with Crippen LogP contribution in [0.4, 0.5) is 0 Å². The van der Waals surface area contributed by atoms with Crippen molar-refractivity contribution < 1.29 is 4.74 Å². The highest BCUT2D eigenvalue weighted by Crippen LogP contribution is 2.24. The minimum atomic E-state index is 0.731. The fraction of sp³-hybridized carbons (Fsp3) is 1.00. The predicted molar refractivity (Wildman–Crippen MR) is 68.7 cm³/mol. The molecule has 0 aliphatic carbocycles. The Morgan fingerprint density at radius 1 is 1.40 bits per heavy atom. The molecule has 0 aromatic heterocycles. The van der Waals surface area contributed by atoms with Crippen molar-refractivity contribution in [3.63, 3.8) is 0 Å². The minimum absolute atomic E-state index is 0.731. The molecule has 0 saturated carbocycles. The summed E-state index contributed by atoms with van der Waals surface area (Å²) < 4.78 is 5.45. The van der Waals surface area contributed by atoms with Crippen LogP contribution in [-0.4, -0.2) is 36.8 Å². The average molecular weight is 231 g/mol. The van der Waals surface area contributed by atoms with Gasteiger partial charge in [-0.25, -0.2) is 0 Å². The van der Waals surface area contributed by atoms with E-state index in [-0.39, 0.29) is 0 Å². The molecule has 1 fully saturated rings. The summed E-state index contributed by atoms with van der Waals surface area (Å²) in [6.45, 7) is 7.43. The first kappa shape index (κ1) is 13.3. The molecule has 0 aromatic rings. The van der Waals surface area contributed by atoms with Gasteiger partial charge in [-0.2, -0.15) is 11.8 Å². The molecule has 0 bridgehead atoms. The number of hydrogen-bond acceptors (Lipinski definition) is 3. The topological polar surface area (TPSA) is 21.3 Å². The van der Waals surface area contributed by atoms with Gasteiger partial charge in [0.15, 0.2) is 0 Å². The molecular formula is C12H25NOS. The zero-order valence-electron chi connectivity index (χ0n) is 10.1. The Bertz CT molecular complexity index is 155. The summed E-state index contributed by atoms with van der Waals surface area (Å²) in [4.78, 5) is 0. The van der Waals surface area contributed by atoms with E-state index in [4.69, 9.17) is 4.74 Å². The van der Waals surface area contributed by atoms with Gasteiger partial charge in [-0.05, 0) is 38.0 Å². The van der Waals surface area contributed by atoms with Crippen LogP contribution in [0.15, 0.2) is 0 Å². The Morgan fingerprint density at radius 3 is 3.00 bits per heavy atom. The molecule has 15 heavy (non-hydrogen) atoms. The van der Waals surface area contributed by atoms with Crippen molar-refractivity contribution in [3.05, 3.63) is 0 Å². The van der Waals surface area contributed by atoms with Gasteiger partial charge < -0.3 is 10.1 Å². The monoisotopic (exact) mass is 231 g/mol. The van der Waals surface area contributed by atoms with Gasteiger partial charge in [-0.1, -0.05) is 13.8 Å². The highest BCUT2D eigenvalue weighted by Gasteiger charge is 2.20. The molecule has 0 amide bonds. The number of hydrogen-bond donors (Lipinski definition) is 1. The lowest BCUT2D eigenvalue weighted by Crippen LogP contribution is -2.39. The van der Waals surface area contributed by atoms with Crippen molar-refractivity contribution in [1.29, 1.82) is 0 Å². The molecule has 1 rings (SSSR count). The van der Waals surface area contributed by atoms with Crippen molar-refractivity contribution in [3.8, 4) is 0 Å². The van der Waals surface area contributed by atoms with E-state index in [0.29, 0.717) is 0 Å². The van der Waals surface area contributed by atoms with Crippen molar-refractivity contribution in [1.82, 2.24) is 5.32 Å². The molecule has 90 valence electrons. The predicted octanol–water partition coefficient (Wildman–Crippen LogP) is 2.68. The van der Waals surface area contributed by atoms with E-state index in [1.807, 2.05) is 0 Å². The lowest BCUT2D eigenvalue weighted by molar-refractivity contribution is 0.131. The Morgan fingerprint density at radius 2 is 2.27 bits per heavy atom. The third-order valence-electron chi connectivity index (χ3n) is 2.83. The molecule has 1 saturated heterocycles. The SMILES string of the molecule is CCCOCCCNC1CCCSC1C. The molecule has 3 heteroatoms. The molecule has 2 nitrogen and oxygen atoms in total.